The summed E-state index contributed by atoms with van der Waals surface area (Å²) in [7, 11) is 0. The number of rotatable bonds is 8. The summed E-state index contributed by atoms with van der Waals surface area (Å²) < 4.78 is 8.34. The van der Waals surface area contributed by atoms with Crippen molar-refractivity contribution in [3.63, 3.8) is 0 Å². The quantitative estimate of drug-likeness (QED) is 0.424. The molecular weight excluding hydrogens is 403 g/mol. The van der Waals surface area contributed by atoms with Gasteiger partial charge in [-0.25, -0.2) is 9.59 Å². The van der Waals surface area contributed by atoms with Gasteiger partial charge < -0.3 is 20.4 Å². The van der Waals surface area contributed by atoms with Gasteiger partial charge in [0.05, 0.1) is 0 Å². The van der Waals surface area contributed by atoms with E-state index in [1.807, 2.05) is 0 Å². The van der Waals surface area contributed by atoms with Crippen molar-refractivity contribution in [1.82, 2.24) is 0 Å². The van der Waals surface area contributed by atoms with Gasteiger partial charge in [0.2, 0.25) is 0 Å². The van der Waals surface area contributed by atoms with Gasteiger partial charge in [-0.05, 0) is 26.7 Å². The van der Waals surface area contributed by atoms with Crippen LogP contribution in [0, 0.1) is 0 Å². The van der Waals surface area contributed by atoms with Crippen LogP contribution >= 0.6 is 0 Å². The molecule has 0 aliphatic rings. The zero-order chi connectivity index (χ0) is 19.7. The fourth-order valence-electron chi connectivity index (χ4n) is 0.999. The van der Waals surface area contributed by atoms with Gasteiger partial charge in [0.1, 0.15) is 0 Å². The molecule has 0 fully saturated rings. The Morgan fingerprint density at radius 1 is 0.708 bits per heavy atom. The standard InChI is InChI=1S/2C7H10O4.O.Zr/c2*1-5(7(10)11)3-2-4-6(8)9;;/h2*3H,2,4H2,1H3,(H,8,9)(H,10,11);;. The van der Waals surface area contributed by atoms with Crippen molar-refractivity contribution in [3.8, 4) is 0 Å². The molecular formula is C14H20O9Zr. The second-order valence-corrected chi connectivity index (χ2v) is 4.25. The molecule has 4 N–H and O–H groups in total. The number of hydrogen-bond donors (Lipinski definition) is 4. The Morgan fingerprint density at radius 3 is 1.12 bits per heavy atom. The van der Waals surface area contributed by atoms with Gasteiger partial charge in [-0.3, -0.25) is 9.59 Å². The second kappa shape index (κ2) is 17.4. The third-order valence-electron chi connectivity index (χ3n) is 2.29. The third-order valence-corrected chi connectivity index (χ3v) is 2.29. The van der Waals surface area contributed by atoms with Crippen molar-refractivity contribution in [2.75, 3.05) is 0 Å². The molecule has 0 aromatic rings. The van der Waals surface area contributed by atoms with Crippen LogP contribution in [0.2, 0.25) is 0 Å². The van der Waals surface area contributed by atoms with Crippen LogP contribution in [0.3, 0.4) is 0 Å². The molecule has 0 heterocycles. The van der Waals surface area contributed by atoms with Gasteiger partial charge in [-0.15, -0.1) is 0 Å². The van der Waals surface area contributed by atoms with E-state index in [2.05, 4.69) is 0 Å². The van der Waals surface area contributed by atoms with Crippen LogP contribution in [0.5, 0.6) is 0 Å². The molecule has 9 nitrogen and oxygen atoms in total. The molecule has 0 rings (SSSR count). The van der Waals surface area contributed by atoms with Gasteiger partial charge in [0.25, 0.3) is 0 Å². The molecule has 0 aliphatic carbocycles. The molecule has 0 aromatic carbocycles. The number of hydrogen-bond acceptors (Lipinski definition) is 5. The zero-order valence-corrected chi connectivity index (χ0v) is 15.8. The molecule has 134 valence electrons. The maximum absolute atomic E-state index is 10.2. The molecule has 0 aliphatic heterocycles. The average molecular weight is 424 g/mol. The Labute approximate surface area is 154 Å². The number of carboxylic acid groups (broad SMARTS) is 4. The average Bonchev–Trinajstić information content (AvgIpc) is 2.48. The second-order valence-electron chi connectivity index (χ2n) is 4.25. The van der Waals surface area contributed by atoms with E-state index in [0.29, 0.717) is 24.7 Å². The fourth-order valence-corrected chi connectivity index (χ4v) is 0.999. The van der Waals surface area contributed by atoms with Crippen molar-refractivity contribution in [2.45, 2.75) is 39.5 Å². The van der Waals surface area contributed by atoms with E-state index in [1.54, 1.807) is 0 Å². The summed E-state index contributed by atoms with van der Waals surface area (Å²) in [6.45, 7) is 2.87. The zero-order valence-electron chi connectivity index (χ0n) is 13.3. The van der Waals surface area contributed by atoms with Crippen molar-refractivity contribution in [1.29, 1.82) is 0 Å². The fraction of sp³-hybridized carbons (Fsp3) is 0.429. The first-order valence-electron chi connectivity index (χ1n) is 6.52. The summed E-state index contributed by atoms with van der Waals surface area (Å²) in [6, 6.07) is 0. The van der Waals surface area contributed by atoms with Crippen LogP contribution in [-0.2, 0) is 46.7 Å². The summed E-state index contributed by atoms with van der Waals surface area (Å²) in [4.78, 5) is 40.3. The van der Waals surface area contributed by atoms with E-state index in [1.165, 1.54) is 26.0 Å². The molecule has 10 heteroatoms. The molecule has 0 radical (unpaired) electrons. The summed E-state index contributed by atoms with van der Waals surface area (Å²) in [5.74, 6) is -3.84. The number of carbonyl (C=O) groups is 4. The van der Waals surface area contributed by atoms with Crippen LogP contribution < -0.4 is 0 Å². The first-order chi connectivity index (χ1) is 11.1. The SMILES string of the molecule is CC(=CCCC(=O)O)C(=O)O.CC(=CCCC(=O)O)C(=O)O.[O]=[Zr]. The van der Waals surface area contributed by atoms with Crippen molar-refractivity contribution < 1.29 is 67.1 Å². The van der Waals surface area contributed by atoms with E-state index in [9.17, 15) is 19.2 Å². The molecule has 0 saturated heterocycles. The third kappa shape index (κ3) is 22.3. The van der Waals surface area contributed by atoms with Crippen LogP contribution in [0.1, 0.15) is 39.5 Å². The first kappa shape index (κ1) is 26.9. The summed E-state index contributed by atoms with van der Waals surface area (Å²) in [5.41, 5.74) is 0.373. The van der Waals surface area contributed by atoms with E-state index in [4.69, 9.17) is 23.2 Å². The van der Waals surface area contributed by atoms with Gasteiger partial charge >= 0.3 is 51.4 Å². The molecule has 0 saturated carbocycles. The summed E-state index contributed by atoms with van der Waals surface area (Å²) in [5, 5.41) is 33.0. The Kier molecular flexibility index (Phi) is 19.5. The predicted octanol–water partition coefficient (Wildman–Crippen LogP) is 1.64. The molecule has 0 unspecified atom stereocenters. The number of allylic oxidation sites excluding steroid dienone is 2. The van der Waals surface area contributed by atoms with E-state index in [0.717, 1.165) is 0 Å². The number of aliphatic carboxylic acids is 4. The minimum absolute atomic E-state index is 0.0232. The number of carboxylic acids is 4. The Balaban J connectivity index is -0.000000333. The Hall–Kier alpha value is -1.96. The molecule has 0 aromatic heterocycles. The van der Waals surface area contributed by atoms with E-state index >= 15 is 0 Å². The topological polar surface area (TPSA) is 166 Å². The summed E-state index contributed by atoms with van der Waals surface area (Å²) >= 11 is 0.300. The van der Waals surface area contributed by atoms with Crippen molar-refractivity contribution in [2.24, 2.45) is 0 Å². The van der Waals surface area contributed by atoms with E-state index < -0.39 is 23.9 Å². The van der Waals surface area contributed by atoms with Crippen molar-refractivity contribution in [3.05, 3.63) is 23.3 Å². The predicted molar refractivity (Wildman–Crippen MR) is 77.2 cm³/mol. The van der Waals surface area contributed by atoms with Crippen LogP contribution in [0.15, 0.2) is 23.3 Å². The summed E-state index contributed by atoms with van der Waals surface area (Å²) in [6.07, 6.45) is 3.29. The molecule has 0 bridgehead atoms. The monoisotopic (exact) mass is 422 g/mol. The van der Waals surface area contributed by atoms with Crippen molar-refractivity contribution >= 4 is 23.9 Å². The first-order valence-corrected chi connectivity index (χ1v) is 7.52. The van der Waals surface area contributed by atoms with Crippen LogP contribution in [0.25, 0.3) is 0 Å². The molecule has 0 atom stereocenters. The maximum atomic E-state index is 10.2. The minimum atomic E-state index is -1.00. The van der Waals surface area contributed by atoms with Gasteiger partial charge in [0, 0.05) is 24.0 Å². The molecule has 0 amide bonds. The Morgan fingerprint density at radius 2 is 0.958 bits per heavy atom. The van der Waals surface area contributed by atoms with Gasteiger partial charge in [-0.1, -0.05) is 12.2 Å². The van der Waals surface area contributed by atoms with E-state index in [-0.39, 0.29) is 36.8 Å². The van der Waals surface area contributed by atoms with Crippen LogP contribution in [-0.4, -0.2) is 44.3 Å². The normalized spacial score (nSPS) is 10.4. The van der Waals surface area contributed by atoms with Crippen LogP contribution in [0.4, 0.5) is 0 Å². The van der Waals surface area contributed by atoms with Gasteiger partial charge in [-0.2, -0.15) is 0 Å². The Bertz CT molecular complexity index is 450. The van der Waals surface area contributed by atoms with Gasteiger partial charge in [0.15, 0.2) is 0 Å². The molecule has 24 heavy (non-hydrogen) atoms. The molecule has 0 spiro atoms.